The molecule has 2 aromatic carbocycles. The second-order valence-electron chi connectivity index (χ2n) is 8.20. The molecule has 0 amide bonds. The molecule has 0 saturated heterocycles. The summed E-state index contributed by atoms with van der Waals surface area (Å²) in [6, 6.07) is 13.6. The van der Waals surface area contributed by atoms with E-state index >= 15 is 0 Å². The summed E-state index contributed by atoms with van der Waals surface area (Å²) in [6.07, 6.45) is 1.64. The minimum absolute atomic E-state index is 0.197. The molecule has 5 nitrogen and oxygen atoms in total. The number of hydrogen-bond acceptors (Lipinski definition) is 5. The van der Waals surface area contributed by atoms with Gasteiger partial charge in [-0.3, -0.25) is 4.79 Å². The van der Waals surface area contributed by atoms with Gasteiger partial charge in [0.2, 0.25) is 0 Å². The molecular weight excluding hydrogens is 432 g/mol. The van der Waals surface area contributed by atoms with Gasteiger partial charge in [-0.05, 0) is 70.0 Å². The molecule has 3 rings (SSSR count). The Labute approximate surface area is 192 Å². The Morgan fingerprint density at radius 1 is 1.03 bits per heavy atom. The zero-order chi connectivity index (χ0) is 22.6. The Hall–Kier alpha value is -2.44. The fourth-order valence-corrected chi connectivity index (χ4v) is 4.00. The second-order valence-corrected chi connectivity index (χ2v) is 9.72. The first-order valence-electron chi connectivity index (χ1n) is 10.0. The van der Waals surface area contributed by atoms with Gasteiger partial charge in [-0.15, -0.1) is 11.8 Å². The van der Waals surface area contributed by atoms with Crippen LogP contribution in [-0.2, 0) is 5.54 Å². The SMILES string of the molecule is Cc1cccc(C)c1Oc1ccc(OCCSc2cnn(C(C)(C)C)c(=O)c2Cl)cc1. The molecule has 0 N–H and O–H groups in total. The average molecular weight is 459 g/mol. The average Bonchev–Trinajstić information content (AvgIpc) is 2.71. The van der Waals surface area contributed by atoms with Crippen molar-refractivity contribution in [2.45, 2.75) is 45.1 Å². The van der Waals surface area contributed by atoms with E-state index in [0.717, 1.165) is 28.4 Å². The zero-order valence-electron chi connectivity index (χ0n) is 18.4. The quantitative estimate of drug-likeness (QED) is 0.310. The van der Waals surface area contributed by atoms with Crippen molar-refractivity contribution in [1.29, 1.82) is 0 Å². The Morgan fingerprint density at radius 3 is 2.26 bits per heavy atom. The van der Waals surface area contributed by atoms with Crippen LogP contribution in [0.3, 0.4) is 0 Å². The van der Waals surface area contributed by atoms with Gasteiger partial charge in [-0.25, -0.2) is 4.68 Å². The van der Waals surface area contributed by atoms with Gasteiger partial charge in [-0.2, -0.15) is 5.10 Å². The van der Waals surface area contributed by atoms with Gasteiger partial charge in [0.15, 0.2) is 0 Å². The molecule has 0 saturated carbocycles. The van der Waals surface area contributed by atoms with Crippen molar-refractivity contribution in [1.82, 2.24) is 9.78 Å². The van der Waals surface area contributed by atoms with Crippen LogP contribution >= 0.6 is 23.4 Å². The molecule has 0 spiro atoms. The van der Waals surface area contributed by atoms with E-state index in [-0.39, 0.29) is 10.6 Å². The number of halogens is 1. The van der Waals surface area contributed by atoms with E-state index in [2.05, 4.69) is 5.10 Å². The molecule has 1 aromatic heterocycles. The maximum absolute atomic E-state index is 12.4. The van der Waals surface area contributed by atoms with Gasteiger partial charge >= 0.3 is 0 Å². The highest BCUT2D eigenvalue weighted by molar-refractivity contribution is 7.99. The standard InChI is InChI=1S/C24H27ClN2O3S/c1-16-7-6-8-17(2)22(16)30-19-11-9-18(10-12-19)29-13-14-31-20-15-26-27(24(3,4)5)23(28)21(20)25/h6-12,15H,13-14H2,1-5H3. The van der Waals surface area contributed by atoms with Crippen molar-refractivity contribution in [2.24, 2.45) is 0 Å². The molecule has 7 heteroatoms. The highest BCUT2D eigenvalue weighted by atomic mass is 35.5. The van der Waals surface area contributed by atoms with Gasteiger partial charge in [0, 0.05) is 5.75 Å². The fourth-order valence-electron chi connectivity index (χ4n) is 2.99. The number of para-hydroxylation sites is 1. The molecule has 0 atom stereocenters. The number of ether oxygens (including phenoxy) is 2. The summed E-state index contributed by atoms with van der Waals surface area (Å²) in [6.45, 7) is 10.3. The lowest BCUT2D eigenvalue weighted by Crippen LogP contribution is -2.36. The molecule has 0 fully saturated rings. The molecule has 0 radical (unpaired) electrons. The molecule has 164 valence electrons. The minimum atomic E-state index is -0.416. The lowest BCUT2D eigenvalue weighted by molar-refractivity contribution is 0.336. The van der Waals surface area contributed by atoms with Crippen LogP contribution in [0.5, 0.6) is 17.2 Å². The van der Waals surface area contributed by atoms with Crippen LogP contribution in [0, 0.1) is 13.8 Å². The molecule has 0 unspecified atom stereocenters. The molecule has 0 aliphatic carbocycles. The van der Waals surface area contributed by atoms with E-state index in [1.165, 1.54) is 16.4 Å². The number of benzene rings is 2. The first-order valence-corrected chi connectivity index (χ1v) is 11.4. The van der Waals surface area contributed by atoms with Crippen LogP contribution in [-0.4, -0.2) is 22.1 Å². The monoisotopic (exact) mass is 458 g/mol. The Kier molecular flexibility index (Phi) is 7.34. The molecule has 31 heavy (non-hydrogen) atoms. The van der Waals surface area contributed by atoms with Crippen LogP contribution in [0.1, 0.15) is 31.9 Å². The summed E-state index contributed by atoms with van der Waals surface area (Å²) < 4.78 is 13.2. The summed E-state index contributed by atoms with van der Waals surface area (Å²) in [5.41, 5.74) is 1.50. The van der Waals surface area contributed by atoms with Crippen LogP contribution in [0.2, 0.25) is 5.02 Å². The van der Waals surface area contributed by atoms with Crippen LogP contribution in [0.4, 0.5) is 0 Å². The van der Waals surface area contributed by atoms with E-state index in [0.29, 0.717) is 17.3 Å². The lowest BCUT2D eigenvalue weighted by Gasteiger charge is -2.21. The highest BCUT2D eigenvalue weighted by Gasteiger charge is 2.19. The van der Waals surface area contributed by atoms with Gasteiger partial charge in [-0.1, -0.05) is 29.8 Å². The number of aromatic nitrogens is 2. The van der Waals surface area contributed by atoms with E-state index < -0.39 is 5.54 Å². The number of thioether (sulfide) groups is 1. The number of hydrogen-bond donors (Lipinski definition) is 0. The lowest BCUT2D eigenvalue weighted by atomic mass is 10.1. The van der Waals surface area contributed by atoms with Gasteiger partial charge in [0.1, 0.15) is 22.3 Å². The third-order valence-electron chi connectivity index (χ3n) is 4.58. The normalized spacial score (nSPS) is 11.4. The van der Waals surface area contributed by atoms with Gasteiger partial charge in [0.05, 0.1) is 23.2 Å². The molecule has 0 bridgehead atoms. The fraction of sp³-hybridized carbons (Fsp3) is 0.333. The zero-order valence-corrected chi connectivity index (χ0v) is 20.0. The van der Waals surface area contributed by atoms with E-state index in [1.807, 2.05) is 77.1 Å². The minimum Gasteiger partial charge on any atom is -0.493 e. The highest BCUT2D eigenvalue weighted by Crippen LogP contribution is 2.30. The van der Waals surface area contributed by atoms with E-state index in [4.69, 9.17) is 21.1 Å². The topological polar surface area (TPSA) is 53.4 Å². The van der Waals surface area contributed by atoms with Crippen LogP contribution in [0.15, 0.2) is 58.4 Å². The number of rotatable bonds is 7. The Morgan fingerprint density at radius 2 is 1.65 bits per heavy atom. The van der Waals surface area contributed by atoms with Gasteiger partial charge in [0.25, 0.3) is 5.56 Å². The van der Waals surface area contributed by atoms with Crippen molar-refractivity contribution in [2.75, 3.05) is 12.4 Å². The van der Waals surface area contributed by atoms with Crippen LogP contribution < -0.4 is 15.0 Å². The predicted octanol–water partition coefficient (Wildman–Crippen LogP) is 6.23. The molecule has 1 heterocycles. The number of aryl methyl sites for hydroxylation is 2. The van der Waals surface area contributed by atoms with E-state index in [1.54, 1.807) is 6.20 Å². The summed E-state index contributed by atoms with van der Waals surface area (Å²) in [5.74, 6) is 3.03. The summed E-state index contributed by atoms with van der Waals surface area (Å²) >= 11 is 7.71. The first kappa shape index (κ1) is 23.2. The smallest absolute Gasteiger partial charge is 0.287 e. The summed E-state index contributed by atoms with van der Waals surface area (Å²) in [4.78, 5) is 13.1. The Bertz CT molecular complexity index is 1090. The molecule has 0 aliphatic heterocycles. The number of nitrogens with zero attached hydrogens (tertiary/aromatic N) is 2. The molecular formula is C24H27ClN2O3S. The van der Waals surface area contributed by atoms with Crippen molar-refractivity contribution in [3.63, 3.8) is 0 Å². The maximum atomic E-state index is 12.4. The molecule has 3 aromatic rings. The third-order valence-corrected chi connectivity index (χ3v) is 6.05. The van der Waals surface area contributed by atoms with Crippen LogP contribution in [0.25, 0.3) is 0 Å². The second kappa shape index (κ2) is 9.79. The van der Waals surface area contributed by atoms with Crippen molar-refractivity contribution in [3.8, 4) is 17.2 Å². The largest absolute Gasteiger partial charge is 0.493 e. The Balaban J connectivity index is 1.54. The van der Waals surface area contributed by atoms with Crippen molar-refractivity contribution in [3.05, 3.63) is 75.2 Å². The van der Waals surface area contributed by atoms with E-state index in [9.17, 15) is 4.79 Å². The maximum Gasteiger partial charge on any atom is 0.287 e. The third kappa shape index (κ3) is 5.83. The van der Waals surface area contributed by atoms with Crippen molar-refractivity contribution < 1.29 is 9.47 Å². The first-order chi connectivity index (χ1) is 14.7. The predicted molar refractivity (Wildman–Crippen MR) is 127 cm³/mol. The van der Waals surface area contributed by atoms with Crippen molar-refractivity contribution >= 4 is 23.4 Å². The summed E-state index contributed by atoms with van der Waals surface area (Å²) in [7, 11) is 0. The summed E-state index contributed by atoms with van der Waals surface area (Å²) in [5, 5.41) is 4.44. The molecule has 0 aliphatic rings. The van der Waals surface area contributed by atoms with Gasteiger partial charge < -0.3 is 9.47 Å².